The van der Waals surface area contributed by atoms with Crippen LogP contribution in [0.1, 0.15) is 0 Å². The minimum absolute atomic E-state index is 0.664. The van der Waals surface area contributed by atoms with Gasteiger partial charge in [0.2, 0.25) is 0 Å². The van der Waals surface area contributed by atoms with Crippen LogP contribution in [0.25, 0.3) is 0 Å². The van der Waals surface area contributed by atoms with Gasteiger partial charge in [0.15, 0.2) is 5.49 Å². The zero-order valence-electron chi connectivity index (χ0n) is 5.15. The Morgan fingerprint density at radius 1 is 1.78 bits per heavy atom. The fourth-order valence-electron chi connectivity index (χ4n) is 0.561. The first kappa shape index (κ1) is 5.81. The third-order valence-corrected chi connectivity index (χ3v) is 1.04. The molecule has 0 aromatic carbocycles. The molecule has 1 aromatic rings. The molecule has 2 N–H and O–H groups in total. The van der Waals surface area contributed by atoms with Crippen molar-refractivity contribution in [1.29, 1.82) is 0 Å². The average Bonchev–Trinajstić information content (AvgIpc) is 1.89. The topological polar surface area (TPSA) is 56.2 Å². The normalized spacial score (nSPS) is 11.9. The number of nitrogens with two attached hydrogens (primary N) is 1. The second-order valence-electron chi connectivity index (χ2n) is 1.63. The van der Waals surface area contributed by atoms with Gasteiger partial charge in [-0.2, -0.15) is 10.2 Å². The maximum atomic E-state index is 5.01. The maximum Gasteiger partial charge on any atom is 0.168 e. The number of hydrogen-bond acceptors (Lipinski definition) is 3. The summed E-state index contributed by atoms with van der Waals surface area (Å²) < 4.78 is 1.60. The number of aromatic nitrogens is 2. The van der Waals surface area contributed by atoms with Gasteiger partial charge in [0.1, 0.15) is 0 Å². The molecule has 0 aliphatic carbocycles. The van der Waals surface area contributed by atoms with Crippen LogP contribution in [0.2, 0.25) is 0 Å². The fourth-order valence-corrected chi connectivity index (χ4v) is 0.561. The van der Waals surface area contributed by atoms with Crippen molar-refractivity contribution < 1.29 is 0 Å². The first-order chi connectivity index (χ1) is 4.34. The lowest BCUT2D eigenvalue weighted by Gasteiger charge is -1.92. The third-order valence-electron chi connectivity index (χ3n) is 1.04. The number of hydrogen-bond donors (Lipinski definition) is 1. The molecule has 4 heteroatoms. The van der Waals surface area contributed by atoms with Gasteiger partial charge in [-0.05, 0) is 12.1 Å². The highest BCUT2D eigenvalue weighted by Crippen LogP contribution is 1.67. The van der Waals surface area contributed by atoms with Crippen molar-refractivity contribution in [3.05, 3.63) is 23.8 Å². The molecule has 0 aliphatic heterocycles. The predicted octanol–water partition coefficient (Wildman–Crippen LogP) is -0.805. The molecule has 1 aromatic heterocycles. The molecule has 9 heavy (non-hydrogen) atoms. The standard InChI is InChI=1S/C5H8N4/c1-9-5(8-6)3-2-4-7-9/h2-4H,6H2,1H3. The Morgan fingerprint density at radius 2 is 2.56 bits per heavy atom. The van der Waals surface area contributed by atoms with E-state index in [0.29, 0.717) is 5.49 Å². The van der Waals surface area contributed by atoms with E-state index in [1.165, 1.54) is 0 Å². The highest BCUT2D eigenvalue weighted by Gasteiger charge is 1.80. The fraction of sp³-hybridized carbons (Fsp3) is 0.200. The van der Waals surface area contributed by atoms with Crippen LogP contribution in [-0.2, 0) is 7.05 Å². The van der Waals surface area contributed by atoms with Gasteiger partial charge in [-0.3, -0.25) is 0 Å². The highest BCUT2D eigenvalue weighted by molar-refractivity contribution is 4.82. The van der Waals surface area contributed by atoms with E-state index in [0.717, 1.165) is 0 Å². The molecule has 0 aliphatic rings. The molecule has 0 bridgehead atoms. The lowest BCUT2D eigenvalue weighted by molar-refractivity contribution is 0.683. The molecule has 1 heterocycles. The van der Waals surface area contributed by atoms with E-state index in [4.69, 9.17) is 5.84 Å². The summed E-state index contributed by atoms with van der Waals surface area (Å²) >= 11 is 0. The summed E-state index contributed by atoms with van der Waals surface area (Å²) in [5.41, 5.74) is 0.664. The zero-order valence-corrected chi connectivity index (χ0v) is 5.15. The first-order valence-corrected chi connectivity index (χ1v) is 2.57. The van der Waals surface area contributed by atoms with Crippen LogP contribution >= 0.6 is 0 Å². The van der Waals surface area contributed by atoms with Gasteiger partial charge in [0, 0.05) is 13.2 Å². The molecule has 1 rings (SSSR count). The quantitative estimate of drug-likeness (QED) is 0.363. The van der Waals surface area contributed by atoms with Gasteiger partial charge < -0.3 is 5.84 Å². The van der Waals surface area contributed by atoms with E-state index in [9.17, 15) is 0 Å². The Balaban J connectivity index is 3.33. The van der Waals surface area contributed by atoms with Gasteiger partial charge >= 0.3 is 0 Å². The smallest absolute Gasteiger partial charge is 0.168 e. The lowest BCUT2D eigenvalue weighted by Crippen LogP contribution is -2.20. The van der Waals surface area contributed by atoms with Crippen LogP contribution in [-0.4, -0.2) is 9.78 Å². The summed E-state index contributed by atoms with van der Waals surface area (Å²) in [5, 5.41) is 7.36. The molecule has 0 atom stereocenters. The Hall–Kier alpha value is -1.32. The van der Waals surface area contributed by atoms with Crippen molar-refractivity contribution in [2.75, 3.05) is 0 Å². The van der Waals surface area contributed by atoms with Crippen LogP contribution < -0.4 is 11.3 Å². The van der Waals surface area contributed by atoms with E-state index < -0.39 is 0 Å². The maximum absolute atomic E-state index is 5.01. The molecule has 0 amide bonds. The summed E-state index contributed by atoms with van der Waals surface area (Å²) in [6.07, 6.45) is 1.68. The van der Waals surface area contributed by atoms with Crippen LogP contribution in [0.5, 0.6) is 0 Å². The molecule has 0 radical (unpaired) electrons. The van der Waals surface area contributed by atoms with E-state index in [2.05, 4.69) is 10.2 Å². The monoisotopic (exact) mass is 124 g/mol. The van der Waals surface area contributed by atoms with Crippen molar-refractivity contribution in [3.8, 4) is 0 Å². The third kappa shape index (κ3) is 1.07. The van der Waals surface area contributed by atoms with Crippen LogP contribution in [0.15, 0.2) is 23.4 Å². The van der Waals surface area contributed by atoms with E-state index in [1.54, 1.807) is 30.1 Å². The second kappa shape index (κ2) is 2.30. The van der Waals surface area contributed by atoms with Crippen LogP contribution in [0, 0.1) is 0 Å². The van der Waals surface area contributed by atoms with Crippen LogP contribution in [0.4, 0.5) is 0 Å². The molecule has 0 unspecified atom stereocenters. The molecule has 0 saturated carbocycles. The molecule has 0 spiro atoms. The van der Waals surface area contributed by atoms with Gasteiger partial charge in [0.25, 0.3) is 0 Å². The minimum Gasteiger partial charge on any atom is -0.321 e. The second-order valence-corrected chi connectivity index (χ2v) is 1.63. The Morgan fingerprint density at radius 3 is 3.00 bits per heavy atom. The Bertz CT molecular complexity index is 249. The average molecular weight is 124 g/mol. The summed E-state index contributed by atoms with van der Waals surface area (Å²) in [6.45, 7) is 0. The van der Waals surface area contributed by atoms with E-state index in [-0.39, 0.29) is 0 Å². The predicted molar refractivity (Wildman–Crippen MR) is 33.0 cm³/mol. The Kier molecular flexibility index (Phi) is 1.48. The van der Waals surface area contributed by atoms with Crippen molar-refractivity contribution in [2.45, 2.75) is 0 Å². The number of nitrogens with zero attached hydrogens (tertiary/aromatic N) is 3. The van der Waals surface area contributed by atoms with Crippen LogP contribution in [0.3, 0.4) is 0 Å². The van der Waals surface area contributed by atoms with Gasteiger partial charge in [0.05, 0.1) is 0 Å². The zero-order chi connectivity index (χ0) is 6.69. The molecule has 48 valence electrons. The molecular weight excluding hydrogens is 116 g/mol. The van der Waals surface area contributed by atoms with Crippen molar-refractivity contribution in [1.82, 2.24) is 9.78 Å². The molecular formula is C5H8N4. The molecule has 0 fully saturated rings. The van der Waals surface area contributed by atoms with E-state index >= 15 is 0 Å². The van der Waals surface area contributed by atoms with E-state index in [1.807, 2.05) is 0 Å². The van der Waals surface area contributed by atoms with Gasteiger partial charge in [-0.1, -0.05) is 0 Å². The summed E-state index contributed by atoms with van der Waals surface area (Å²) in [5.74, 6) is 5.01. The summed E-state index contributed by atoms with van der Waals surface area (Å²) in [6, 6.07) is 3.57. The SMILES string of the molecule is Cn1ncccc1=NN. The summed E-state index contributed by atoms with van der Waals surface area (Å²) in [4.78, 5) is 0. The largest absolute Gasteiger partial charge is 0.321 e. The Labute approximate surface area is 52.6 Å². The highest BCUT2D eigenvalue weighted by atomic mass is 15.3. The lowest BCUT2D eigenvalue weighted by atomic mass is 10.6. The van der Waals surface area contributed by atoms with Gasteiger partial charge in [-0.15, -0.1) is 0 Å². The van der Waals surface area contributed by atoms with Crippen molar-refractivity contribution in [2.24, 2.45) is 18.0 Å². The van der Waals surface area contributed by atoms with Gasteiger partial charge in [-0.25, -0.2) is 4.68 Å². The number of rotatable bonds is 0. The van der Waals surface area contributed by atoms with Crippen molar-refractivity contribution >= 4 is 0 Å². The molecule has 0 saturated heterocycles. The first-order valence-electron chi connectivity index (χ1n) is 2.57. The summed E-state index contributed by atoms with van der Waals surface area (Å²) in [7, 11) is 1.78. The van der Waals surface area contributed by atoms with Crippen molar-refractivity contribution in [3.63, 3.8) is 0 Å². The minimum atomic E-state index is 0.664. The molecule has 4 nitrogen and oxygen atoms in total. The number of aryl methyl sites for hydroxylation is 1.